The molecule has 4 rings (SSSR count). The van der Waals surface area contributed by atoms with Crippen LogP contribution in [0, 0.1) is 0 Å². The summed E-state index contributed by atoms with van der Waals surface area (Å²) in [5.41, 5.74) is 5.19. The monoisotopic (exact) mass is 365 g/mol. The highest BCUT2D eigenvalue weighted by atomic mass is 35.5. The van der Waals surface area contributed by atoms with Crippen molar-refractivity contribution in [2.45, 2.75) is 25.7 Å². The topological polar surface area (TPSA) is 46.9 Å². The van der Waals surface area contributed by atoms with Gasteiger partial charge in [0, 0.05) is 24.1 Å². The van der Waals surface area contributed by atoms with E-state index < -0.39 is 0 Å². The highest BCUT2D eigenvalue weighted by Gasteiger charge is 2.24. The summed E-state index contributed by atoms with van der Waals surface area (Å²) in [5, 5.41) is 3.42. The highest BCUT2D eigenvalue weighted by molar-refractivity contribution is 6.30. The minimum absolute atomic E-state index is 0.0235. The van der Waals surface area contributed by atoms with E-state index >= 15 is 0 Å². The zero-order valence-electron chi connectivity index (χ0n) is 14.6. The molecule has 0 radical (unpaired) electrons. The fraction of sp³-hybridized carbons (Fsp3) is 0.238. The molecule has 0 aliphatic carbocycles. The number of rotatable bonds is 3. The number of benzene rings is 2. The Morgan fingerprint density at radius 3 is 2.69 bits per heavy atom. The Morgan fingerprint density at radius 2 is 1.92 bits per heavy atom. The van der Waals surface area contributed by atoms with E-state index in [4.69, 9.17) is 16.6 Å². The number of hydrogen-bond donors (Lipinski definition) is 1. The van der Waals surface area contributed by atoms with Gasteiger partial charge in [-0.3, -0.25) is 9.36 Å². The highest BCUT2D eigenvalue weighted by Crippen LogP contribution is 2.32. The van der Waals surface area contributed by atoms with Crippen molar-refractivity contribution in [3.63, 3.8) is 0 Å². The largest absolute Gasteiger partial charge is 0.359 e. The molecule has 2 aromatic carbocycles. The molecular formula is C21H20ClN3O. The van der Waals surface area contributed by atoms with Gasteiger partial charge in [0.2, 0.25) is 5.91 Å². The molecule has 26 heavy (non-hydrogen) atoms. The van der Waals surface area contributed by atoms with Gasteiger partial charge in [0.05, 0.1) is 23.5 Å². The van der Waals surface area contributed by atoms with Gasteiger partial charge < -0.3 is 5.32 Å². The van der Waals surface area contributed by atoms with Crippen LogP contribution in [0.1, 0.15) is 23.5 Å². The molecule has 0 saturated carbocycles. The van der Waals surface area contributed by atoms with Crippen LogP contribution >= 0.6 is 11.6 Å². The van der Waals surface area contributed by atoms with E-state index in [1.165, 1.54) is 5.56 Å². The Morgan fingerprint density at radius 1 is 1.15 bits per heavy atom. The van der Waals surface area contributed by atoms with Crippen molar-refractivity contribution < 1.29 is 4.79 Å². The lowest BCUT2D eigenvalue weighted by Gasteiger charge is -2.13. The van der Waals surface area contributed by atoms with Crippen LogP contribution < -0.4 is 5.32 Å². The first-order valence-corrected chi connectivity index (χ1v) is 9.20. The van der Waals surface area contributed by atoms with E-state index in [1.54, 1.807) is 7.05 Å². The van der Waals surface area contributed by atoms with E-state index in [-0.39, 0.29) is 12.3 Å². The molecule has 0 bridgehead atoms. The number of carbonyl (C=O) groups excluding carboxylic acids is 1. The Labute approximate surface area is 157 Å². The van der Waals surface area contributed by atoms with E-state index in [1.807, 2.05) is 30.3 Å². The van der Waals surface area contributed by atoms with Crippen LogP contribution in [0.4, 0.5) is 0 Å². The summed E-state index contributed by atoms with van der Waals surface area (Å²) >= 11 is 6.05. The van der Waals surface area contributed by atoms with Crippen LogP contribution in [0.3, 0.4) is 0 Å². The second-order valence-corrected chi connectivity index (χ2v) is 6.93. The summed E-state index contributed by atoms with van der Waals surface area (Å²) in [5.74, 6) is 0.989. The second kappa shape index (κ2) is 6.96. The lowest BCUT2D eigenvalue weighted by atomic mass is 10.1. The van der Waals surface area contributed by atoms with Gasteiger partial charge in [-0.2, -0.15) is 0 Å². The van der Waals surface area contributed by atoms with Crippen molar-refractivity contribution in [1.82, 2.24) is 14.9 Å². The lowest BCUT2D eigenvalue weighted by molar-refractivity contribution is -0.120. The van der Waals surface area contributed by atoms with Crippen molar-refractivity contribution >= 4 is 17.5 Å². The minimum Gasteiger partial charge on any atom is -0.359 e. The first-order valence-electron chi connectivity index (χ1n) is 8.82. The lowest BCUT2D eigenvalue weighted by Crippen LogP contribution is -2.22. The van der Waals surface area contributed by atoms with Crippen LogP contribution in [-0.2, 0) is 24.1 Å². The quantitative estimate of drug-likeness (QED) is 0.763. The van der Waals surface area contributed by atoms with Crippen molar-refractivity contribution in [3.8, 4) is 16.9 Å². The molecule has 0 spiro atoms. The first-order chi connectivity index (χ1) is 12.7. The van der Waals surface area contributed by atoms with Gasteiger partial charge in [-0.15, -0.1) is 0 Å². The number of carbonyl (C=O) groups is 1. The number of aromatic nitrogens is 2. The SMILES string of the molecule is CNC(=O)Cc1c(-c2ccc(Cl)cc2)nc2n1-c1ccccc1CCC2. The summed E-state index contributed by atoms with van der Waals surface area (Å²) < 4.78 is 2.18. The molecule has 0 unspecified atom stereocenters. The van der Waals surface area contributed by atoms with Crippen LogP contribution in [-0.4, -0.2) is 22.5 Å². The number of para-hydroxylation sites is 1. The number of hydrogen-bond acceptors (Lipinski definition) is 2. The number of halogens is 1. The Bertz CT molecular complexity index is 960. The fourth-order valence-electron chi connectivity index (χ4n) is 3.58. The summed E-state index contributed by atoms with van der Waals surface area (Å²) in [4.78, 5) is 17.2. The maximum Gasteiger partial charge on any atom is 0.225 e. The molecule has 5 heteroatoms. The van der Waals surface area contributed by atoms with Crippen LogP contribution in [0.25, 0.3) is 16.9 Å². The maximum atomic E-state index is 12.2. The van der Waals surface area contributed by atoms with E-state index in [9.17, 15) is 4.79 Å². The third-order valence-corrected chi connectivity index (χ3v) is 5.10. The smallest absolute Gasteiger partial charge is 0.225 e. The van der Waals surface area contributed by atoms with Crippen LogP contribution in [0.15, 0.2) is 48.5 Å². The molecule has 0 saturated heterocycles. The maximum absolute atomic E-state index is 12.2. The number of likely N-dealkylation sites (N-methyl/N-ethyl adjacent to an activating group) is 1. The van der Waals surface area contributed by atoms with Gasteiger partial charge >= 0.3 is 0 Å². The van der Waals surface area contributed by atoms with Crippen molar-refractivity contribution in [2.75, 3.05) is 7.05 Å². The molecule has 1 amide bonds. The Hall–Kier alpha value is -2.59. The second-order valence-electron chi connectivity index (χ2n) is 6.50. The predicted octanol–water partition coefficient (Wildman–Crippen LogP) is 3.97. The van der Waals surface area contributed by atoms with Gasteiger partial charge in [-0.25, -0.2) is 4.98 Å². The van der Waals surface area contributed by atoms with Gasteiger partial charge in [0.25, 0.3) is 0 Å². The number of fused-ring (bicyclic) bond motifs is 3. The van der Waals surface area contributed by atoms with Gasteiger partial charge in [0.15, 0.2) is 0 Å². The fourth-order valence-corrected chi connectivity index (χ4v) is 3.70. The van der Waals surface area contributed by atoms with Gasteiger partial charge in [-0.1, -0.05) is 41.9 Å². The Kier molecular flexibility index (Phi) is 4.51. The molecule has 0 atom stereocenters. The molecule has 1 aliphatic heterocycles. The van der Waals surface area contributed by atoms with Crippen LogP contribution in [0.5, 0.6) is 0 Å². The minimum atomic E-state index is -0.0235. The van der Waals surface area contributed by atoms with Crippen molar-refractivity contribution in [2.24, 2.45) is 0 Å². The molecular weight excluding hydrogens is 346 g/mol. The molecule has 132 valence electrons. The van der Waals surface area contributed by atoms with E-state index in [2.05, 4.69) is 28.1 Å². The number of nitrogens with zero attached hydrogens (tertiary/aromatic N) is 2. The standard InChI is InChI=1S/C21H20ClN3O/c1-23-20(26)13-18-21(15-9-11-16(22)12-10-15)24-19-8-4-6-14-5-2-3-7-17(14)25(18)19/h2-3,5,7,9-12H,4,6,8,13H2,1H3,(H,23,26). The van der Waals surface area contributed by atoms with Crippen molar-refractivity contribution in [3.05, 3.63) is 70.6 Å². The third kappa shape index (κ3) is 3.01. The molecule has 0 fully saturated rings. The summed E-state index contributed by atoms with van der Waals surface area (Å²) in [6.45, 7) is 0. The molecule has 3 aromatic rings. The van der Waals surface area contributed by atoms with Gasteiger partial charge in [-0.05, 0) is 36.6 Å². The average Bonchev–Trinajstić information content (AvgIpc) is 2.90. The van der Waals surface area contributed by atoms with E-state index in [0.717, 1.165) is 47.7 Å². The number of aryl methyl sites for hydroxylation is 2. The van der Waals surface area contributed by atoms with Gasteiger partial charge in [0.1, 0.15) is 5.82 Å². The van der Waals surface area contributed by atoms with Crippen molar-refractivity contribution in [1.29, 1.82) is 0 Å². The molecule has 1 N–H and O–H groups in total. The summed E-state index contributed by atoms with van der Waals surface area (Å²) in [7, 11) is 1.66. The van der Waals surface area contributed by atoms with E-state index in [0.29, 0.717) is 5.02 Å². The number of nitrogens with one attached hydrogen (secondary N) is 1. The summed E-state index contributed by atoms with van der Waals surface area (Å²) in [6.07, 6.45) is 3.25. The molecule has 1 aromatic heterocycles. The number of imidazole rings is 1. The summed E-state index contributed by atoms with van der Waals surface area (Å²) in [6, 6.07) is 16.0. The van der Waals surface area contributed by atoms with Crippen LogP contribution in [0.2, 0.25) is 5.02 Å². The molecule has 1 aliphatic rings. The predicted molar refractivity (Wildman–Crippen MR) is 104 cm³/mol. The average molecular weight is 366 g/mol. The first kappa shape index (κ1) is 16.9. The Balaban J connectivity index is 1.95. The zero-order chi connectivity index (χ0) is 18.1. The molecule has 4 nitrogen and oxygen atoms in total. The normalized spacial score (nSPS) is 12.8. The number of amides is 1. The third-order valence-electron chi connectivity index (χ3n) is 4.85. The molecule has 2 heterocycles. The zero-order valence-corrected chi connectivity index (χ0v) is 15.4.